The molecule has 1 unspecified atom stereocenters. The fourth-order valence-corrected chi connectivity index (χ4v) is 3.25. The lowest BCUT2D eigenvalue weighted by Gasteiger charge is -2.16. The Morgan fingerprint density at radius 1 is 1.32 bits per heavy atom. The Morgan fingerprint density at radius 3 is 2.68 bits per heavy atom. The molecule has 0 spiro atoms. The van der Waals surface area contributed by atoms with Crippen molar-refractivity contribution in [1.82, 2.24) is 9.88 Å². The van der Waals surface area contributed by atoms with Gasteiger partial charge in [0.05, 0.1) is 12.7 Å². The predicted octanol–water partition coefficient (Wildman–Crippen LogP) is 2.45. The maximum absolute atomic E-state index is 14.0. The van der Waals surface area contributed by atoms with E-state index in [-0.39, 0.29) is 18.9 Å². The monoisotopic (exact) mass is 320 g/mol. The van der Waals surface area contributed by atoms with Gasteiger partial charge in [-0.2, -0.15) is 0 Å². The smallest absolute Gasteiger partial charge is 0.343 e. The number of alkyl halides is 1. The molecule has 0 bridgehead atoms. The van der Waals surface area contributed by atoms with Crippen LogP contribution in [-0.4, -0.2) is 45.6 Å². The zero-order valence-corrected chi connectivity index (χ0v) is 12.3. The third kappa shape index (κ3) is 2.59. The van der Waals surface area contributed by atoms with Crippen molar-refractivity contribution in [3.05, 3.63) is 41.4 Å². The first-order chi connectivity index (χ1) is 10.5. The molecule has 114 valence electrons. The summed E-state index contributed by atoms with van der Waals surface area (Å²) in [6.45, 7) is -0.320. The highest BCUT2D eigenvalue weighted by Gasteiger charge is 2.47. The van der Waals surface area contributed by atoms with Gasteiger partial charge in [0.25, 0.3) is 5.91 Å². The average molecular weight is 320 g/mol. The Bertz CT molecular complexity index is 719. The highest BCUT2D eigenvalue weighted by Crippen LogP contribution is 2.30. The lowest BCUT2D eigenvalue weighted by Crippen LogP contribution is -2.38. The molecule has 5 nitrogen and oxygen atoms in total. The van der Waals surface area contributed by atoms with Gasteiger partial charge in [0.15, 0.2) is 0 Å². The zero-order valence-electron chi connectivity index (χ0n) is 11.5. The number of hydrogen-bond donors (Lipinski definition) is 1. The summed E-state index contributed by atoms with van der Waals surface area (Å²) in [5.74, 6) is -1.89. The number of rotatable bonds is 3. The normalized spacial score (nSPS) is 21.0. The lowest BCUT2D eigenvalue weighted by molar-refractivity contribution is -0.149. The van der Waals surface area contributed by atoms with Gasteiger partial charge in [-0.1, -0.05) is 30.3 Å². The molecule has 1 aromatic heterocycles. The first kappa shape index (κ1) is 14.6. The Labute approximate surface area is 130 Å². The van der Waals surface area contributed by atoms with Gasteiger partial charge >= 0.3 is 5.97 Å². The summed E-state index contributed by atoms with van der Waals surface area (Å²) in [6, 6.07) is 9.42. The summed E-state index contributed by atoms with van der Waals surface area (Å²) in [5.41, 5.74) is -1.44. The van der Waals surface area contributed by atoms with Crippen molar-refractivity contribution in [1.29, 1.82) is 0 Å². The van der Waals surface area contributed by atoms with Crippen LogP contribution in [0.25, 0.3) is 10.6 Å². The molecule has 0 aliphatic carbocycles. The molecule has 0 saturated carbocycles. The number of carbonyl (C=O) groups is 2. The molecule has 2 aromatic rings. The first-order valence-electron chi connectivity index (χ1n) is 6.72. The number of thiazole rings is 1. The molecule has 1 fully saturated rings. The molecule has 1 aliphatic heterocycles. The van der Waals surface area contributed by atoms with Crippen LogP contribution in [0.2, 0.25) is 0 Å². The number of carbonyl (C=O) groups excluding carboxylic acids is 1. The van der Waals surface area contributed by atoms with Crippen molar-refractivity contribution in [3.8, 4) is 10.6 Å². The third-order valence-electron chi connectivity index (χ3n) is 3.63. The van der Waals surface area contributed by atoms with Crippen LogP contribution in [0.15, 0.2) is 36.5 Å². The number of carboxylic acid groups (broad SMARTS) is 1. The number of amides is 1. The molecule has 3 rings (SSSR count). The summed E-state index contributed by atoms with van der Waals surface area (Å²) in [5, 5.41) is 9.57. The van der Waals surface area contributed by atoms with Crippen molar-refractivity contribution in [2.24, 2.45) is 0 Å². The Kier molecular flexibility index (Phi) is 3.66. The van der Waals surface area contributed by atoms with E-state index in [2.05, 4.69) is 4.98 Å². The second-order valence-corrected chi connectivity index (χ2v) is 6.17. The van der Waals surface area contributed by atoms with E-state index in [4.69, 9.17) is 5.11 Å². The molecule has 1 aliphatic rings. The van der Waals surface area contributed by atoms with Crippen molar-refractivity contribution in [3.63, 3.8) is 0 Å². The van der Waals surface area contributed by atoms with E-state index >= 15 is 0 Å². The maximum Gasteiger partial charge on any atom is 0.343 e. The second-order valence-electron chi connectivity index (χ2n) is 5.14. The van der Waals surface area contributed by atoms with Gasteiger partial charge in [-0.15, -0.1) is 11.3 Å². The van der Waals surface area contributed by atoms with Gasteiger partial charge in [0, 0.05) is 18.5 Å². The van der Waals surface area contributed by atoms with E-state index in [1.165, 1.54) is 22.4 Å². The SMILES string of the molecule is O=C(c1cnc(-c2ccccc2)s1)N1CCC(F)(C(=O)O)C1. The van der Waals surface area contributed by atoms with Crippen LogP contribution in [0.3, 0.4) is 0 Å². The van der Waals surface area contributed by atoms with Gasteiger partial charge in [0.1, 0.15) is 9.88 Å². The average Bonchev–Trinajstić information content (AvgIpc) is 3.15. The van der Waals surface area contributed by atoms with Crippen LogP contribution in [0, 0.1) is 0 Å². The van der Waals surface area contributed by atoms with Crippen LogP contribution in [0.1, 0.15) is 16.1 Å². The van der Waals surface area contributed by atoms with Crippen LogP contribution in [0.4, 0.5) is 4.39 Å². The largest absolute Gasteiger partial charge is 0.479 e. The molecule has 1 aromatic carbocycles. The quantitative estimate of drug-likeness (QED) is 0.943. The number of aliphatic carboxylic acids is 1. The highest BCUT2D eigenvalue weighted by molar-refractivity contribution is 7.16. The van der Waals surface area contributed by atoms with Crippen molar-refractivity contribution < 1.29 is 19.1 Å². The van der Waals surface area contributed by atoms with Crippen LogP contribution < -0.4 is 0 Å². The van der Waals surface area contributed by atoms with Crippen molar-refractivity contribution >= 4 is 23.2 Å². The minimum absolute atomic E-state index is 0.0974. The molecular formula is C15H13FN2O3S. The number of nitrogens with zero attached hydrogens (tertiary/aromatic N) is 2. The Hall–Kier alpha value is -2.28. The van der Waals surface area contributed by atoms with Gasteiger partial charge in [0.2, 0.25) is 5.67 Å². The minimum atomic E-state index is -2.34. The van der Waals surface area contributed by atoms with Gasteiger partial charge in [-0.05, 0) is 0 Å². The summed E-state index contributed by atoms with van der Waals surface area (Å²) in [7, 11) is 0. The predicted molar refractivity (Wildman–Crippen MR) is 79.5 cm³/mol. The topological polar surface area (TPSA) is 70.5 Å². The zero-order chi connectivity index (χ0) is 15.7. The van der Waals surface area contributed by atoms with Crippen molar-refractivity contribution in [2.45, 2.75) is 12.1 Å². The third-order valence-corrected chi connectivity index (χ3v) is 4.66. The summed E-state index contributed by atoms with van der Waals surface area (Å²) < 4.78 is 14.0. The molecule has 22 heavy (non-hydrogen) atoms. The van der Waals surface area contributed by atoms with Gasteiger partial charge in [-0.3, -0.25) is 4.79 Å². The maximum atomic E-state index is 14.0. The first-order valence-corrected chi connectivity index (χ1v) is 7.54. The van der Waals surface area contributed by atoms with E-state index in [1.807, 2.05) is 30.3 Å². The number of halogens is 1. The van der Waals surface area contributed by atoms with E-state index in [0.717, 1.165) is 5.56 Å². The molecule has 1 atom stereocenters. The second kappa shape index (κ2) is 5.49. The van der Waals surface area contributed by atoms with Crippen molar-refractivity contribution in [2.75, 3.05) is 13.1 Å². The fourth-order valence-electron chi connectivity index (χ4n) is 2.36. The number of carboxylic acids is 1. The van der Waals surface area contributed by atoms with Crippen LogP contribution in [0.5, 0.6) is 0 Å². The summed E-state index contributed by atoms with van der Waals surface area (Å²) in [6.07, 6.45) is 1.27. The standard InChI is InChI=1S/C15H13FN2O3S/c16-15(14(20)21)6-7-18(9-15)13(19)11-8-17-12(22-11)10-4-2-1-3-5-10/h1-5,8H,6-7,9H2,(H,20,21). The van der Waals surface area contributed by atoms with Crippen LogP contribution in [-0.2, 0) is 4.79 Å². The van der Waals surface area contributed by atoms with E-state index in [1.54, 1.807) is 0 Å². The molecule has 1 N–H and O–H groups in total. The highest BCUT2D eigenvalue weighted by atomic mass is 32.1. The Morgan fingerprint density at radius 2 is 2.05 bits per heavy atom. The number of aromatic nitrogens is 1. The fraction of sp³-hybridized carbons (Fsp3) is 0.267. The minimum Gasteiger partial charge on any atom is -0.479 e. The van der Waals surface area contributed by atoms with Gasteiger partial charge in [-0.25, -0.2) is 14.2 Å². The van der Waals surface area contributed by atoms with E-state index in [0.29, 0.717) is 9.88 Å². The molecule has 2 heterocycles. The molecule has 1 amide bonds. The molecule has 0 radical (unpaired) electrons. The number of benzene rings is 1. The van der Waals surface area contributed by atoms with Crippen LogP contribution >= 0.6 is 11.3 Å². The summed E-state index contributed by atoms with van der Waals surface area (Å²) in [4.78, 5) is 29.1. The molecule has 7 heteroatoms. The number of hydrogen-bond acceptors (Lipinski definition) is 4. The molecular weight excluding hydrogens is 307 g/mol. The molecule has 1 saturated heterocycles. The Balaban J connectivity index is 1.77. The van der Waals surface area contributed by atoms with Gasteiger partial charge < -0.3 is 10.0 Å². The summed E-state index contributed by atoms with van der Waals surface area (Å²) >= 11 is 1.22. The van der Waals surface area contributed by atoms with E-state index < -0.39 is 18.2 Å². The lowest BCUT2D eigenvalue weighted by atomic mass is 10.1. The number of likely N-dealkylation sites (tertiary alicyclic amines) is 1. The van der Waals surface area contributed by atoms with E-state index in [9.17, 15) is 14.0 Å².